The number of carbonyl (C=O) groups is 1. The lowest BCUT2D eigenvalue weighted by Crippen LogP contribution is -2.37. The van der Waals surface area contributed by atoms with E-state index < -0.39 is 5.60 Å². The largest absolute Gasteiger partial charge is 0.497 e. The molecule has 136 valence electrons. The summed E-state index contributed by atoms with van der Waals surface area (Å²) in [4.78, 5) is 12.3. The Balaban J connectivity index is 2.05. The van der Waals surface area contributed by atoms with Crippen LogP contribution in [0.1, 0.15) is 18.9 Å². The van der Waals surface area contributed by atoms with Crippen molar-refractivity contribution in [3.63, 3.8) is 0 Å². The van der Waals surface area contributed by atoms with Gasteiger partial charge >= 0.3 is 0 Å². The molecular formula is C21H22O5. The molecule has 0 N–H and O–H groups in total. The van der Waals surface area contributed by atoms with E-state index in [1.165, 1.54) is 13.2 Å². The molecule has 0 amide bonds. The van der Waals surface area contributed by atoms with Crippen molar-refractivity contribution >= 4 is 11.9 Å². The summed E-state index contributed by atoms with van der Waals surface area (Å²) in [5, 5.41) is 0. The number of carbonyl (C=O) groups excluding carboxylic acids is 1. The van der Waals surface area contributed by atoms with Crippen LogP contribution in [0, 0.1) is 0 Å². The maximum atomic E-state index is 12.3. The van der Waals surface area contributed by atoms with E-state index in [4.69, 9.17) is 18.9 Å². The van der Waals surface area contributed by atoms with Crippen LogP contribution < -0.4 is 9.47 Å². The van der Waals surface area contributed by atoms with Crippen LogP contribution >= 0.6 is 0 Å². The molecule has 5 heteroatoms. The number of benzene rings is 1. The molecular weight excluding hydrogens is 332 g/mol. The van der Waals surface area contributed by atoms with Crippen molar-refractivity contribution in [2.45, 2.75) is 18.9 Å². The van der Waals surface area contributed by atoms with Crippen LogP contribution in [0.2, 0.25) is 0 Å². The number of hydrogen-bond donors (Lipinski definition) is 0. The Kier molecular flexibility index (Phi) is 5.00. The number of fused-ring (bicyclic) bond motifs is 1. The van der Waals surface area contributed by atoms with Gasteiger partial charge in [-0.2, -0.15) is 0 Å². The first-order valence-corrected chi connectivity index (χ1v) is 8.30. The Morgan fingerprint density at radius 1 is 1.31 bits per heavy atom. The monoisotopic (exact) mass is 354 g/mol. The van der Waals surface area contributed by atoms with E-state index in [2.05, 4.69) is 6.58 Å². The maximum Gasteiger partial charge on any atom is 0.231 e. The van der Waals surface area contributed by atoms with Crippen molar-refractivity contribution in [1.82, 2.24) is 0 Å². The molecule has 0 aromatic heterocycles. The summed E-state index contributed by atoms with van der Waals surface area (Å²) in [6.45, 7) is 5.90. The molecule has 0 fully saturated rings. The Morgan fingerprint density at radius 2 is 2.08 bits per heavy atom. The number of allylic oxidation sites excluding steroid dienone is 3. The second-order valence-corrected chi connectivity index (χ2v) is 6.12. The molecule has 1 heterocycles. The highest BCUT2D eigenvalue weighted by molar-refractivity contribution is 6.06. The van der Waals surface area contributed by atoms with Crippen LogP contribution in [0.4, 0.5) is 0 Å². The van der Waals surface area contributed by atoms with Gasteiger partial charge in [-0.15, -0.1) is 6.58 Å². The van der Waals surface area contributed by atoms with Gasteiger partial charge in [-0.05, 0) is 42.7 Å². The van der Waals surface area contributed by atoms with Gasteiger partial charge in [-0.1, -0.05) is 18.2 Å². The summed E-state index contributed by atoms with van der Waals surface area (Å²) < 4.78 is 22.1. The summed E-state index contributed by atoms with van der Waals surface area (Å²) in [6.07, 6.45) is 7.45. The Morgan fingerprint density at radius 3 is 2.77 bits per heavy atom. The Bertz CT molecular complexity index is 831. The van der Waals surface area contributed by atoms with Gasteiger partial charge in [0.15, 0.2) is 22.9 Å². The molecule has 1 aliphatic heterocycles. The van der Waals surface area contributed by atoms with Gasteiger partial charge in [-0.25, -0.2) is 0 Å². The first kappa shape index (κ1) is 18.0. The number of ketones is 1. The fourth-order valence-corrected chi connectivity index (χ4v) is 3.22. The third-order valence-corrected chi connectivity index (χ3v) is 4.59. The predicted octanol–water partition coefficient (Wildman–Crippen LogP) is 3.82. The lowest BCUT2D eigenvalue weighted by atomic mass is 9.82. The number of ether oxygens (including phenoxy) is 4. The van der Waals surface area contributed by atoms with Crippen LogP contribution in [0.5, 0.6) is 11.5 Å². The van der Waals surface area contributed by atoms with E-state index in [0.29, 0.717) is 23.5 Å². The Labute approximate surface area is 153 Å². The smallest absolute Gasteiger partial charge is 0.231 e. The van der Waals surface area contributed by atoms with Crippen LogP contribution in [0.3, 0.4) is 0 Å². The normalized spacial score (nSPS) is 22.0. The molecule has 0 saturated carbocycles. The highest BCUT2D eigenvalue weighted by Gasteiger charge is 2.40. The quantitative estimate of drug-likeness (QED) is 0.727. The molecule has 0 unspecified atom stereocenters. The van der Waals surface area contributed by atoms with E-state index in [-0.39, 0.29) is 12.6 Å². The average Bonchev–Trinajstić information content (AvgIpc) is 3.11. The van der Waals surface area contributed by atoms with Crippen molar-refractivity contribution in [2.24, 2.45) is 0 Å². The molecule has 5 nitrogen and oxygen atoms in total. The highest BCUT2D eigenvalue weighted by Crippen LogP contribution is 2.39. The van der Waals surface area contributed by atoms with Gasteiger partial charge in [0.2, 0.25) is 6.79 Å². The van der Waals surface area contributed by atoms with Crippen LogP contribution in [0.15, 0.2) is 59.9 Å². The van der Waals surface area contributed by atoms with Crippen molar-refractivity contribution in [3.8, 4) is 11.5 Å². The zero-order valence-electron chi connectivity index (χ0n) is 15.2. The molecule has 26 heavy (non-hydrogen) atoms. The molecule has 2 aliphatic rings. The zero-order valence-corrected chi connectivity index (χ0v) is 15.2. The second kappa shape index (κ2) is 7.22. The molecule has 1 aromatic carbocycles. The van der Waals surface area contributed by atoms with Crippen molar-refractivity contribution in [3.05, 3.63) is 65.5 Å². The molecule has 0 spiro atoms. The van der Waals surface area contributed by atoms with Gasteiger partial charge < -0.3 is 18.9 Å². The van der Waals surface area contributed by atoms with Gasteiger partial charge in [0.25, 0.3) is 0 Å². The SMILES string of the molecule is C=CCC1=C[C@](OC)(C(C)=Cc2ccc3c(c2)OCO3)C(OC)=CC1=O. The fourth-order valence-electron chi connectivity index (χ4n) is 3.22. The standard InChI is InChI=1S/C21H22O5/c1-5-6-16-12-21(24-4,20(23-3)11-17(16)22)14(2)9-15-7-8-18-19(10-15)26-13-25-18/h5,7-12H,1,6,13H2,2-4H3/t21-/m0/s1. The molecule has 1 atom stereocenters. The lowest BCUT2D eigenvalue weighted by Gasteiger charge is -2.35. The molecule has 1 aliphatic carbocycles. The van der Waals surface area contributed by atoms with Gasteiger partial charge in [-0.3, -0.25) is 4.79 Å². The molecule has 0 bridgehead atoms. The van der Waals surface area contributed by atoms with Gasteiger partial charge in [0, 0.05) is 18.8 Å². The van der Waals surface area contributed by atoms with Gasteiger partial charge in [0.1, 0.15) is 5.76 Å². The minimum absolute atomic E-state index is 0.0923. The summed E-state index contributed by atoms with van der Waals surface area (Å²) in [6, 6.07) is 5.73. The molecule has 0 radical (unpaired) electrons. The fraction of sp³-hybridized carbons (Fsp3) is 0.286. The maximum absolute atomic E-state index is 12.3. The minimum atomic E-state index is -0.947. The van der Waals surface area contributed by atoms with E-state index in [0.717, 1.165) is 16.9 Å². The van der Waals surface area contributed by atoms with Crippen molar-refractivity contribution < 1.29 is 23.7 Å². The summed E-state index contributed by atoms with van der Waals surface area (Å²) in [5.41, 5.74) is 1.49. The summed E-state index contributed by atoms with van der Waals surface area (Å²) >= 11 is 0. The predicted molar refractivity (Wildman–Crippen MR) is 99.0 cm³/mol. The Hall–Kier alpha value is -2.79. The number of hydrogen-bond acceptors (Lipinski definition) is 5. The van der Waals surface area contributed by atoms with Crippen molar-refractivity contribution in [2.75, 3.05) is 21.0 Å². The van der Waals surface area contributed by atoms with Crippen LogP contribution in [-0.4, -0.2) is 32.4 Å². The van der Waals surface area contributed by atoms with Gasteiger partial charge in [0.05, 0.1) is 7.11 Å². The van der Waals surface area contributed by atoms with Crippen LogP contribution in [0.25, 0.3) is 6.08 Å². The van der Waals surface area contributed by atoms with Crippen molar-refractivity contribution in [1.29, 1.82) is 0 Å². The van der Waals surface area contributed by atoms with E-state index in [9.17, 15) is 4.79 Å². The van der Waals surface area contributed by atoms with E-state index in [1.54, 1.807) is 13.2 Å². The van der Waals surface area contributed by atoms with E-state index >= 15 is 0 Å². The summed E-state index contributed by atoms with van der Waals surface area (Å²) in [5.74, 6) is 1.80. The zero-order chi connectivity index (χ0) is 18.7. The van der Waals surface area contributed by atoms with Crippen LogP contribution in [-0.2, 0) is 14.3 Å². The summed E-state index contributed by atoms with van der Waals surface area (Å²) in [7, 11) is 3.13. The number of rotatable bonds is 6. The highest BCUT2D eigenvalue weighted by atomic mass is 16.7. The molecule has 1 aromatic rings. The topological polar surface area (TPSA) is 54.0 Å². The molecule has 3 rings (SSSR count). The lowest BCUT2D eigenvalue weighted by molar-refractivity contribution is -0.112. The number of methoxy groups -OCH3 is 2. The first-order valence-electron chi connectivity index (χ1n) is 8.30. The first-order chi connectivity index (χ1) is 12.5. The molecule has 0 saturated heterocycles. The third kappa shape index (κ3) is 3.06. The average molecular weight is 354 g/mol. The van der Waals surface area contributed by atoms with E-state index in [1.807, 2.05) is 37.3 Å². The second-order valence-electron chi connectivity index (χ2n) is 6.12. The third-order valence-electron chi connectivity index (χ3n) is 4.59. The minimum Gasteiger partial charge on any atom is -0.497 e.